The van der Waals surface area contributed by atoms with Crippen LogP contribution in [0.5, 0.6) is 0 Å². The maximum atomic E-state index is 13.6. The number of aromatic nitrogens is 2. The molecule has 0 aliphatic carbocycles. The fraction of sp³-hybridized carbons (Fsp3) is 0.476. The van der Waals surface area contributed by atoms with Gasteiger partial charge in [-0.05, 0) is 38.5 Å². The van der Waals surface area contributed by atoms with E-state index in [2.05, 4.69) is 31.4 Å². The molecule has 2 aliphatic rings. The average Bonchev–Trinajstić information content (AvgIpc) is 3.03. The first-order valence-electron chi connectivity index (χ1n) is 10.1. The molecule has 0 bridgehead atoms. The highest BCUT2D eigenvalue weighted by atomic mass is 79.9. The van der Waals surface area contributed by atoms with Gasteiger partial charge in [0.1, 0.15) is 5.82 Å². The number of hydrogen-bond acceptors (Lipinski definition) is 8. The Balaban J connectivity index is 1.52. The molecule has 2 aromatic rings. The Kier molecular flexibility index (Phi) is 6.25. The monoisotopic (exact) mass is 493 g/mol. The van der Waals surface area contributed by atoms with Gasteiger partial charge in [-0.15, -0.1) is 0 Å². The first kappa shape index (κ1) is 22.1. The molecule has 1 saturated heterocycles. The molecule has 2 atom stereocenters. The van der Waals surface area contributed by atoms with Crippen LogP contribution in [0.3, 0.4) is 0 Å². The summed E-state index contributed by atoms with van der Waals surface area (Å²) in [4.78, 5) is 19.2. The van der Waals surface area contributed by atoms with E-state index in [1.54, 1.807) is 6.07 Å². The van der Waals surface area contributed by atoms with Crippen molar-refractivity contribution < 1.29 is 18.7 Å². The van der Waals surface area contributed by atoms with E-state index in [0.29, 0.717) is 42.1 Å². The number of hydroxylamine groups is 1. The van der Waals surface area contributed by atoms with Gasteiger partial charge in [0, 0.05) is 17.3 Å². The molecule has 10 heteroatoms. The fourth-order valence-electron chi connectivity index (χ4n) is 3.80. The van der Waals surface area contributed by atoms with Crippen molar-refractivity contribution in [3.8, 4) is 0 Å². The summed E-state index contributed by atoms with van der Waals surface area (Å²) in [7, 11) is 0. The number of ether oxygens (including phenoxy) is 2. The second kappa shape index (κ2) is 8.78. The molecule has 3 N–H and O–H groups in total. The Hall–Kier alpha value is -2.14. The number of aryl methyl sites for hydroxylation is 1. The molecule has 4 rings (SSSR count). The van der Waals surface area contributed by atoms with Gasteiger partial charge >= 0.3 is 0 Å². The van der Waals surface area contributed by atoms with Crippen LogP contribution in [0.4, 0.5) is 10.3 Å². The highest BCUT2D eigenvalue weighted by Gasteiger charge is 2.32. The van der Waals surface area contributed by atoms with Crippen LogP contribution in [0.15, 0.2) is 27.7 Å². The van der Waals surface area contributed by atoms with Crippen molar-refractivity contribution in [1.82, 2.24) is 15.4 Å². The summed E-state index contributed by atoms with van der Waals surface area (Å²) in [6.07, 6.45) is 1.16. The Labute approximate surface area is 188 Å². The molecule has 1 aromatic carbocycles. The maximum Gasteiger partial charge on any atom is 0.220 e. The van der Waals surface area contributed by atoms with Crippen LogP contribution in [0, 0.1) is 12.7 Å². The van der Waals surface area contributed by atoms with E-state index in [9.17, 15) is 4.39 Å². The zero-order valence-electron chi connectivity index (χ0n) is 17.6. The number of benzene rings is 1. The van der Waals surface area contributed by atoms with Crippen molar-refractivity contribution in [3.63, 3.8) is 0 Å². The molecule has 1 fully saturated rings. The van der Waals surface area contributed by atoms with E-state index in [1.165, 1.54) is 12.1 Å². The van der Waals surface area contributed by atoms with Crippen LogP contribution in [-0.2, 0) is 20.7 Å². The zero-order valence-corrected chi connectivity index (χ0v) is 19.2. The highest BCUT2D eigenvalue weighted by Crippen LogP contribution is 2.34. The Bertz CT molecular complexity index is 1020. The minimum Gasteiger partial charge on any atom is -0.368 e. The number of nitrogens with two attached hydrogens (primary N) is 1. The standard InChI is InChI=1S/C21H25BrFN5O3/c1-11-18-17(27-20(24)25-11)9-16(14-5-4-12(23)8-15(14)22)26-19(18)28-30-7-6-13-10-29-21(2,3)31-13/h4-5,8,13,16H,6-7,9-10H2,1-3H3,(H,26,28)(H2,24,25,27)/t13-,16+/m1/s1. The lowest BCUT2D eigenvalue weighted by atomic mass is 9.95. The maximum absolute atomic E-state index is 13.6. The summed E-state index contributed by atoms with van der Waals surface area (Å²) in [6, 6.07) is 4.27. The molecule has 0 radical (unpaired) electrons. The van der Waals surface area contributed by atoms with Gasteiger partial charge < -0.3 is 15.2 Å². The third-order valence-electron chi connectivity index (χ3n) is 5.19. The van der Waals surface area contributed by atoms with Gasteiger partial charge in [-0.2, -0.15) is 0 Å². The molecule has 3 heterocycles. The van der Waals surface area contributed by atoms with Crippen LogP contribution in [0.2, 0.25) is 0 Å². The molecular weight excluding hydrogens is 469 g/mol. The Morgan fingerprint density at radius 2 is 2.16 bits per heavy atom. The second-order valence-electron chi connectivity index (χ2n) is 8.04. The van der Waals surface area contributed by atoms with Gasteiger partial charge in [0.25, 0.3) is 0 Å². The largest absolute Gasteiger partial charge is 0.368 e. The lowest BCUT2D eigenvalue weighted by Crippen LogP contribution is -2.33. The zero-order chi connectivity index (χ0) is 22.2. The summed E-state index contributed by atoms with van der Waals surface area (Å²) >= 11 is 3.44. The van der Waals surface area contributed by atoms with Crippen molar-refractivity contribution >= 4 is 27.7 Å². The number of nitrogens with one attached hydrogen (secondary N) is 1. The summed E-state index contributed by atoms with van der Waals surface area (Å²) in [6.45, 7) is 6.57. The second-order valence-corrected chi connectivity index (χ2v) is 8.90. The van der Waals surface area contributed by atoms with Crippen LogP contribution >= 0.6 is 15.9 Å². The van der Waals surface area contributed by atoms with E-state index >= 15 is 0 Å². The topological polar surface area (TPSA) is 104 Å². The summed E-state index contributed by atoms with van der Waals surface area (Å²) in [5.41, 5.74) is 11.9. The van der Waals surface area contributed by atoms with Crippen LogP contribution in [-0.4, -0.2) is 40.9 Å². The third kappa shape index (κ3) is 5.03. The smallest absolute Gasteiger partial charge is 0.220 e. The first-order chi connectivity index (χ1) is 14.7. The minimum absolute atomic E-state index is 0.0230. The summed E-state index contributed by atoms with van der Waals surface area (Å²) < 4.78 is 25.6. The number of hydrogen-bond donors (Lipinski definition) is 2. The molecule has 0 saturated carbocycles. The average molecular weight is 494 g/mol. The van der Waals surface area contributed by atoms with Gasteiger partial charge in [0.15, 0.2) is 11.6 Å². The molecule has 166 valence electrons. The molecule has 0 unspecified atom stereocenters. The number of halogens is 2. The third-order valence-corrected chi connectivity index (χ3v) is 5.88. The molecule has 8 nitrogen and oxygen atoms in total. The number of aliphatic imine (C=N–C) groups is 1. The van der Waals surface area contributed by atoms with Gasteiger partial charge in [-0.1, -0.05) is 22.0 Å². The number of fused-ring (bicyclic) bond motifs is 1. The molecule has 31 heavy (non-hydrogen) atoms. The fourth-order valence-corrected chi connectivity index (χ4v) is 4.42. The summed E-state index contributed by atoms with van der Waals surface area (Å²) in [5.74, 6) is -0.157. The van der Waals surface area contributed by atoms with Crippen molar-refractivity contribution in [3.05, 3.63) is 51.0 Å². The van der Waals surface area contributed by atoms with E-state index in [0.717, 1.165) is 16.8 Å². The van der Waals surface area contributed by atoms with Gasteiger partial charge in [0.05, 0.1) is 42.3 Å². The predicted octanol–water partition coefficient (Wildman–Crippen LogP) is 3.38. The number of rotatable bonds is 5. The number of nitrogens with zero attached hydrogens (tertiary/aromatic N) is 3. The van der Waals surface area contributed by atoms with Gasteiger partial charge in [0.2, 0.25) is 5.95 Å². The van der Waals surface area contributed by atoms with Crippen molar-refractivity contribution in [2.75, 3.05) is 18.9 Å². The van der Waals surface area contributed by atoms with Crippen LogP contribution in [0.25, 0.3) is 0 Å². The van der Waals surface area contributed by atoms with E-state index < -0.39 is 5.79 Å². The van der Waals surface area contributed by atoms with E-state index in [-0.39, 0.29) is 23.9 Å². The molecule has 1 aromatic heterocycles. The normalized spacial score (nSPS) is 22.2. The molecule has 2 aliphatic heterocycles. The first-order valence-corrected chi connectivity index (χ1v) is 10.9. The van der Waals surface area contributed by atoms with Crippen molar-refractivity contribution in [2.45, 2.75) is 51.5 Å². The van der Waals surface area contributed by atoms with Crippen molar-refractivity contribution in [2.24, 2.45) is 4.99 Å². The van der Waals surface area contributed by atoms with Crippen LogP contribution < -0.4 is 11.2 Å². The number of nitrogen functional groups attached to an aromatic ring is 1. The number of anilines is 1. The summed E-state index contributed by atoms with van der Waals surface area (Å²) in [5, 5.41) is 0. The van der Waals surface area contributed by atoms with E-state index in [4.69, 9.17) is 25.0 Å². The van der Waals surface area contributed by atoms with Gasteiger partial charge in [-0.3, -0.25) is 9.83 Å². The quantitative estimate of drug-likeness (QED) is 0.485. The predicted molar refractivity (Wildman–Crippen MR) is 117 cm³/mol. The minimum atomic E-state index is -0.561. The Morgan fingerprint density at radius 3 is 2.87 bits per heavy atom. The lowest BCUT2D eigenvalue weighted by Gasteiger charge is -2.25. The van der Waals surface area contributed by atoms with E-state index in [1.807, 2.05) is 20.8 Å². The van der Waals surface area contributed by atoms with Crippen LogP contribution in [0.1, 0.15) is 48.8 Å². The van der Waals surface area contributed by atoms with Crippen molar-refractivity contribution in [1.29, 1.82) is 0 Å². The SMILES string of the molecule is Cc1nc(N)nc2c1C(NOCC[C@@H]1COC(C)(C)O1)=N[C@H](c1ccc(F)cc1Br)C2. The lowest BCUT2D eigenvalue weighted by molar-refractivity contribution is -0.140. The molecular formula is C21H25BrFN5O3. The number of amidine groups is 1. The Morgan fingerprint density at radius 1 is 1.35 bits per heavy atom. The molecule has 0 spiro atoms. The highest BCUT2D eigenvalue weighted by molar-refractivity contribution is 9.10. The molecule has 0 amide bonds. The van der Waals surface area contributed by atoms with Gasteiger partial charge in [-0.25, -0.2) is 19.8 Å².